The lowest BCUT2D eigenvalue weighted by molar-refractivity contribution is 0.0256. The average Bonchev–Trinajstić information content (AvgIpc) is 2.79. The maximum atomic E-state index is 12.2. The van der Waals surface area contributed by atoms with Crippen molar-refractivity contribution >= 4 is 17.7 Å². The number of nitrogens with one attached hydrogen (secondary N) is 2. The minimum Gasteiger partial charge on any atom is -0.444 e. The molecule has 1 atom stereocenters. The number of carbonyl (C=O) groups excluding carboxylic acids is 2. The fourth-order valence-corrected chi connectivity index (χ4v) is 2.85. The number of likely N-dealkylation sites (tertiary alicyclic amines) is 1. The number of benzene rings is 1. The zero-order valence-corrected chi connectivity index (χ0v) is 15.6. The molecule has 1 aromatic carbocycles. The molecule has 25 heavy (non-hydrogen) atoms. The quantitative estimate of drug-likeness (QED) is 0.880. The highest BCUT2D eigenvalue weighted by Crippen LogP contribution is 2.19. The van der Waals surface area contributed by atoms with Gasteiger partial charge in [-0.1, -0.05) is 0 Å². The van der Waals surface area contributed by atoms with E-state index in [9.17, 15) is 9.59 Å². The number of hydrogen-bond donors (Lipinski definition) is 2. The van der Waals surface area contributed by atoms with Crippen molar-refractivity contribution in [3.05, 3.63) is 29.8 Å². The lowest BCUT2D eigenvalue weighted by Gasteiger charge is -2.26. The van der Waals surface area contributed by atoms with E-state index in [-0.39, 0.29) is 12.0 Å². The number of nitrogens with zero attached hydrogens (tertiary/aromatic N) is 1. The van der Waals surface area contributed by atoms with E-state index in [1.165, 1.54) is 0 Å². The fourth-order valence-electron chi connectivity index (χ4n) is 2.85. The van der Waals surface area contributed by atoms with Crippen LogP contribution in [0, 0.1) is 0 Å². The van der Waals surface area contributed by atoms with Crippen molar-refractivity contribution in [2.24, 2.45) is 0 Å². The van der Waals surface area contributed by atoms with Crippen molar-refractivity contribution in [2.45, 2.75) is 51.7 Å². The first-order valence-electron chi connectivity index (χ1n) is 8.85. The fraction of sp³-hybridized carbons (Fsp3) is 0.579. The highest BCUT2D eigenvalue weighted by atomic mass is 16.6. The van der Waals surface area contributed by atoms with Crippen LogP contribution in [-0.2, 0) is 4.74 Å². The van der Waals surface area contributed by atoms with Crippen LogP contribution in [0.25, 0.3) is 0 Å². The van der Waals surface area contributed by atoms with Crippen LogP contribution in [0.15, 0.2) is 24.3 Å². The first kappa shape index (κ1) is 19.1. The summed E-state index contributed by atoms with van der Waals surface area (Å²) in [5.74, 6) is -0.0889. The molecule has 0 bridgehead atoms. The van der Waals surface area contributed by atoms with E-state index in [2.05, 4.69) is 10.6 Å². The van der Waals surface area contributed by atoms with Crippen molar-refractivity contribution in [2.75, 3.05) is 25.5 Å². The summed E-state index contributed by atoms with van der Waals surface area (Å²) in [6, 6.07) is 7.76. The first-order chi connectivity index (χ1) is 11.8. The molecule has 1 aromatic rings. The summed E-state index contributed by atoms with van der Waals surface area (Å²) in [7, 11) is 1.62. The monoisotopic (exact) mass is 347 g/mol. The normalized spacial score (nSPS) is 18.2. The molecule has 1 heterocycles. The van der Waals surface area contributed by atoms with Gasteiger partial charge in [0.15, 0.2) is 0 Å². The minimum atomic E-state index is -0.465. The molecule has 6 heteroatoms. The Hall–Kier alpha value is -2.24. The molecule has 138 valence electrons. The third kappa shape index (κ3) is 5.96. The summed E-state index contributed by atoms with van der Waals surface area (Å²) in [6.07, 6.45) is 2.57. The third-order valence-electron chi connectivity index (χ3n) is 4.12. The second-order valence-electron chi connectivity index (χ2n) is 7.40. The Bertz CT molecular complexity index is 593. The Kier molecular flexibility index (Phi) is 6.28. The molecule has 2 amide bonds. The van der Waals surface area contributed by atoms with Crippen LogP contribution in [0.1, 0.15) is 50.4 Å². The van der Waals surface area contributed by atoms with Gasteiger partial charge in [-0.15, -0.1) is 0 Å². The van der Waals surface area contributed by atoms with Crippen LogP contribution in [0.3, 0.4) is 0 Å². The van der Waals surface area contributed by atoms with E-state index in [0.29, 0.717) is 18.2 Å². The van der Waals surface area contributed by atoms with Crippen LogP contribution in [0.4, 0.5) is 10.5 Å². The molecule has 1 fully saturated rings. The Morgan fingerprint density at radius 1 is 1.12 bits per heavy atom. The van der Waals surface area contributed by atoms with Gasteiger partial charge in [0.1, 0.15) is 5.60 Å². The Labute approximate surface area is 149 Å². The molecule has 2 N–H and O–H groups in total. The SMILES string of the molecule is CNC(=O)c1ccc(NC2CCCN(C(=O)OC(C)(C)C)CC2)cc1. The number of amides is 2. The second kappa shape index (κ2) is 8.23. The number of anilines is 1. The molecule has 6 nitrogen and oxygen atoms in total. The van der Waals surface area contributed by atoms with Gasteiger partial charge >= 0.3 is 6.09 Å². The van der Waals surface area contributed by atoms with Crippen molar-refractivity contribution in [3.63, 3.8) is 0 Å². The zero-order chi connectivity index (χ0) is 18.4. The summed E-state index contributed by atoms with van der Waals surface area (Å²) >= 11 is 0. The summed E-state index contributed by atoms with van der Waals surface area (Å²) in [5.41, 5.74) is 1.17. The number of rotatable bonds is 3. The number of ether oxygens (including phenoxy) is 1. The minimum absolute atomic E-state index is 0.0889. The summed E-state index contributed by atoms with van der Waals surface area (Å²) in [5, 5.41) is 6.12. The molecule has 1 unspecified atom stereocenters. The van der Waals surface area contributed by atoms with Crippen molar-refractivity contribution in [3.8, 4) is 0 Å². The van der Waals surface area contributed by atoms with E-state index in [1.807, 2.05) is 45.0 Å². The molecular formula is C19H29N3O3. The zero-order valence-electron chi connectivity index (χ0n) is 15.6. The topological polar surface area (TPSA) is 70.7 Å². The van der Waals surface area contributed by atoms with E-state index in [1.54, 1.807) is 11.9 Å². The third-order valence-corrected chi connectivity index (χ3v) is 4.12. The van der Waals surface area contributed by atoms with Crippen LogP contribution in [0.2, 0.25) is 0 Å². The Morgan fingerprint density at radius 3 is 2.40 bits per heavy atom. The average molecular weight is 347 g/mol. The highest BCUT2D eigenvalue weighted by Gasteiger charge is 2.25. The summed E-state index contributed by atoms with van der Waals surface area (Å²) in [6.45, 7) is 7.06. The second-order valence-corrected chi connectivity index (χ2v) is 7.40. The largest absolute Gasteiger partial charge is 0.444 e. The van der Waals surface area contributed by atoms with Crippen LogP contribution >= 0.6 is 0 Å². The van der Waals surface area contributed by atoms with Gasteiger partial charge in [0.05, 0.1) is 0 Å². The number of hydrogen-bond acceptors (Lipinski definition) is 4. The molecule has 0 aromatic heterocycles. The van der Waals surface area contributed by atoms with Gasteiger partial charge in [-0.2, -0.15) is 0 Å². The summed E-state index contributed by atoms with van der Waals surface area (Å²) < 4.78 is 5.46. The maximum absolute atomic E-state index is 12.2. The molecule has 2 rings (SSSR count). The van der Waals surface area contributed by atoms with Gasteiger partial charge in [-0.25, -0.2) is 4.79 Å². The van der Waals surface area contributed by atoms with Crippen molar-refractivity contribution in [1.29, 1.82) is 0 Å². The van der Waals surface area contributed by atoms with E-state index < -0.39 is 5.60 Å². The molecule has 1 aliphatic rings. The summed E-state index contributed by atoms with van der Waals surface area (Å²) in [4.78, 5) is 25.6. The molecule has 1 aliphatic heterocycles. The Balaban J connectivity index is 1.88. The van der Waals surface area contributed by atoms with Crippen LogP contribution in [-0.4, -0.2) is 48.7 Å². The lowest BCUT2D eigenvalue weighted by atomic mass is 10.1. The van der Waals surface area contributed by atoms with E-state index >= 15 is 0 Å². The lowest BCUT2D eigenvalue weighted by Crippen LogP contribution is -2.37. The van der Waals surface area contributed by atoms with E-state index in [0.717, 1.165) is 31.5 Å². The van der Waals surface area contributed by atoms with Gasteiger partial charge in [0.2, 0.25) is 0 Å². The molecule has 0 saturated carbocycles. The van der Waals surface area contributed by atoms with E-state index in [4.69, 9.17) is 4.74 Å². The van der Waals surface area contributed by atoms with Gasteiger partial charge in [-0.3, -0.25) is 4.79 Å². The molecule has 0 radical (unpaired) electrons. The van der Waals surface area contributed by atoms with Gasteiger partial charge in [-0.05, 0) is 64.3 Å². The van der Waals surface area contributed by atoms with Crippen LogP contribution in [0.5, 0.6) is 0 Å². The number of carbonyl (C=O) groups is 2. The van der Waals surface area contributed by atoms with Crippen molar-refractivity contribution < 1.29 is 14.3 Å². The molecule has 1 saturated heterocycles. The van der Waals surface area contributed by atoms with Gasteiger partial charge < -0.3 is 20.3 Å². The standard InChI is InChI=1S/C19H29N3O3/c1-19(2,3)25-18(24)22-12-5-6-15(11-13-22)21-16-9-7-14(8-10-16)17(23)20-4/h7-10,15,21H,5-6,11-13H2,1-4H3,(H,20,23). The smallest absolute Gasteiger partial charge is 0.410 e. The highest BCUT2D eigenvalue weighted by molar-refractivity contribution is 5.94. The van der Waals surface area contributed by atoms with Crippen molar-refractivity contribution in [1.82, 2.24) is 10.2 Å². The predicted molar refractivity (Wildman–Crippen MR) is 98.9 cm³/mol. The Morgan fingerprint density at radius 2 is 1.80 bits per heavy atom. The van der Waals surface area contributed by atoms with Gasteiger partial charge in [0, 0.05) is 37.4 Å². The molecule has 0 aliphatic carbocycles. The maximum Gasteiger partial charge on any atom is 0.410 e. The predicted octanol–water partition coefficient (Wildman–Crippen LogP) is 3.25. The first-order valence-corrected chi connectivity index (χ1v) is 8.85. The van der Waals surface area contributed by atoms with Crippen LogP contribution < -0.4 is 10.6 Å². The van der Waals surface area contributed by atoms with Gasteiger partial charge in [0.25, 0.3) is 5.91 Å². The molecule has 0 spiro atoms. The molecular weight excluding hydrogens is 318 g/mol.